The van der Waals surface area contributed by atoms with E-state index >= 15 is 0 Å². The molecule has 20 heteroatoms. The summed E-state index contributed by atoms with van der Waals surface area (Å²) in [7, 11) is 0. The first kappa shape index (κ1) is 0. The zero-order valence-electron chi connectivity index (χ0n) is 14.1. The average molecular weight is 5340 g/mol. The minimum Gasteiger partial charge on any atom is 0 e. The van der Waals surface area contributed by atoms with E-state index < -0.39 is 0 Å². The molecule has 40 valence electrons. The van der Waals surface area contributed by atoms with E-state index in [2.05, 4.69) is 0 Å². The molecule has 0 fully saturated rings. The van der Waals surface area contributed by atoms with Crippen molar-refractivity contribution in [2.24, 2.45) is 0 Å². The van der Waals surface area contributed by atoms with E-state index in [1.165, 1.54) is 0 Å². The second-order valence-electron chi connectivity index (χ2n) is 0. The van der Waals surface area contributed by atoms with Crippen LogP contribution in [0.2, 0.25) is 0 Å². The van der Waals surface area contributed by atoms with Crippen LogP contribution in [-0.4, -0.2) is 0 Å². The average Bonchev–Trinajstić information content (AvgIpc) is 0. The minimum absolute atomic E-state index is 0. The van der Waals surface area contributed by atoms with Gasteiger partial charge >= 0.3 is 0 Å². The molecular formula is Rf20. The van der Waals surface area contributed by atoms with Gasteiger partial charge in [-0.3, -0.25) is 0 Å². The third-order valence-electron chi connectivity index (χ3n) is 0. The molecule has 0 bridgehead atoms. The number of rotatable bonds is 0. The summed E-state index contributed by atoms with van der Waals surface area (Å²) < 4.78 is 0. The van der Waals surface area contributed by atoms with Gasteiger partial charge in [0, 0.05) is 0 Å². The molecule has 0 atom stereocenters. The van der Waals surface area contributed by atoms with Crippen molar-refractivity contribution in [2.45, 2.75) is 0 Å². The smallest absolute Gasteiger partial charge is 0 e. The predicted octanol–water partition coefficient (Wildman–Crippen LogP) is 0. The van der Waals surface area contributed by atoms with Crippen LogP contribution in [0.3, 0.4) is 0 Å². The molecule has 0 N–H and O–H groups in total. The zero-order chi connectivity index (χ0) is 0. The van der Waals surface area contributed by atoms with Gasteiger partial charge in [-0.1, -0.05) is 0 Å². The quantitative estimate of drug-likeness (QED) is 0.321. The first-order valence-electron chi connectivity index (χ1n) is 0. The Kier molecular flexibility index (Phi) is 0. The molecule has 0 amide bonds. The molecule has 0 aromatic heterocycles. The summed E-state index contributed by atoms with van der Waals surface area (Å²) in [5.74, 6) is 0. The van der Waals surface area contributed by atoms with Gasteiger partial charge in [0.2, 0.25) is 0 Å². The van der Waals surface area contributed by atoms with Crippen LogP contribution in [0.15, 0.2) is 0 Å². The van der Waals surface area contributed by atoms with Crippen molar-refractivity contribution in [3.05, 3.63) is 0 Å². The second-order valence-corrected chi connectivity index (χ2v) is 0. The summed E-state index contributed by atoms with van der Waals surface area (Å²) in [5, 5.41) is 0. The van der Waals surface area contributed by atoms with Gasteiger partial charge in [-0.2, -0.15) is 0 Å². The standard InChI is InChI=1S/20Rf. The van der Waals surface area contributed by atoms with Crippen LogP contribution in [0, 0.1) is 0 Å². The van der Waals surface area contributed by atoms with Crippen molar-refractivity contribution < 1.29 is 0 Å². The van der Waals surface area contributed by atoms with E-state index in [-0.39, 0.29) is 0 Å². The fourth-order valence-corrected chi connectivity index (χ4v) is 0. The van der Waals surface area contributed by atoms with E-state index in [1.807, 2.05) is 0 Å². The Morgan fingerprint density at radius 3 is 0.0500 bits per heavy atom. The molecule has 0 heterocycles. The van der Waals surface area contributed by atoms with Crippen molar-refractivity contribution in [1.82, 2.24) is 0 Å². The molecule has 0 aromatic carbocycles. The topological polar surface area (TPSA) is 0 Å². The summed E-state index contributed by atoms with van der Waals surface area (Å²) in [4.78, 5) is 0. The van der Waals surface area contributed by atoms with Crippen LogP contribution in [0.5, 0.6) is 0 Å². The minimum atomic E-state index is 0. The third kappa shape index (κ3) is -0.0450. The molecule has 0 saturated carbocycles. The maximum atomic E-state index is 0. The largest absolute Gasteiger partial charge is 0 e. The van der Waals surface area contributed by atoms with E-state index in [9.17, 15) is 0 Å². The SMILES string of the molecule is [Rf].[Rf].[Rf].[Rf].[Rf].[Rf].[Rf].[Rf].[Rf].[Rf].[Rf].[Rf].[Rf].[Rf].[Rf].[Rf].[Rf].[Rf].[Rf].[Rf]. The summed E-state index contributed by atoms with van der Waals surface area (Å²) in [6.45, 7) is 0. The Bertz CT molecular complexity index is 0. The Balaban J connectivity index is 0. The zero-order valence-corrected chi connectivity index (χ0v) is 142. The second kappa shape index (κ2) is -0.0100. The van der Waals surface area contributed by atoms with Crippen molar-refractivity contribution in [1.29, 1.82) is 0 Å². The Morgan fingerprint density at radius 1 is 0.0500 bits per heavy atom. The summed E-state index contributed by atoms with van der Waals surface area (Å²) in [5.41, 5.74) is 0. The Labute approximate surface area is 0 Å². The van der Waals surface area contributed by atoms with Gasteiger partial charge in [0.15, 0.2) is 0 Å². The van der Waals surface area contributed by atoms with Gasteiger partial charge in [-0.25, -0.2) is 0 Å². The summed E-state index contributed by atoms with van der Waals surface area (Å²) in [6, 6.07) is 0. The third-order valence-corrected chi connectivity index (χ3v) is 0. The van der Waals surface area contributed by atoms with E-state index in [0.717, 1.165) is 0 Å². The van der Waals surface area contributed by atoms with Gasteiger partial charge in [0.1, 0.15) is 0 Å². The monoisotopic (exact) mass is 5340 g/mol. The van der Waals surface area contributed by atoms with Crippen LogP contribution in [0.4, 0.5) is 0 Å². The Hall–Kier alpha value is -20.0. The van der Waals surface area contributed by atoms with Gasteiger partial charge in [-0.15, -0.1) is 0 Å². The molecule has 0 rings (SSSR count). The molecule has 0 nitrogen and oxygen atoms in total. The van der Waals surface area contributed by atoms with E-state index in [1.54, 1.807) is 0 Å². The van der Waals surface area contributed by atoms with Crippen molar-refractivity contribution in [3.8, 4) is 0 Å². The summed E-state index contributed by atoms with van der Waals surface area (Å²) in [6.07, 6.45) is 0. The Morgan fingerprint density at radius 2 is 0.0500 bits per heavy atom. The predicted molar refractivity (Wildman–Crippen MR) is 0 cm³/mol. The molecule has 0 aliphatic carbocycles. The van der Waals surface area contributed by atoms with Crippen molar-refractivity contribution in [3.63, 3.8) is 0 Å². The van der Waals surface area contributed by atoms with Crippen molar-refractivity contribution in [2.75, 3.05) is 0 Å². The van der Waals surface area contributed by atoms with E-state index in [4.69, 9.17) is 0 Å². The molecule has 0 unspecified atom stereocenters. The molecule has 0 spiro atoms. The van der Waals surface area contributed by atoms with Gasteiger partial charge < -0.3 is 0 Å². The maximum absolute atomic E-state index is 0. The molecule has 20 heavy (non-hydrogen) atoms. The molecule has 0 aromatic rings. The molecular weight excluding hydrogens is 5340 g/mol. The van der Waals surface area contributed by atoms with Crippen LogP contribution in [0.1, 0.15) is 0 Å². The van der Waals surface area contributed by atoms with E-state index in [0.29, 0.717) is 0 Å². The number of hydrogen-bond donors (Lipinski definition) is 0. The molecule has 0 radical (unpaired) electrons. The number of hydrogen-bond acceptors (Lipinski definition) is 0. The fraction of sp³-hybridized carbons (Fsp3) is 0. The van der Waals surface area contributed by atoms with Gasteiger partial charge in [0.05, 0.1) is 0 Å². The normalized spacial score (nSPS) is 0. The van der Waals surface area contributed by atoms with Crippen LogP contribution in [0.25, 0.3) is 0 Å². The van der Waals surface area contributed by atoms with Gasteiger partial charge in [0.25, 0.3) is 0 Å². The van der Waals surface area contributed by atoms with Crippen molar-refractivity contribution >= 4 is 0 Å². The van der Waals surface area contributed by atoms with Crippen LogP contribution >= 0.6 is 0 Å². The van der Waals surface area contributed by atoms with Crippen LogP contribution < -0.4 is 0 Å². The fourth-order valence-electron chi connectivity index (χ4n) is 0. The molecule has 0 saturated heterocycles. The summed E-state index contributed by atoms with van der Waals surface area (Å²) >= 11 is 0. The first-order valence-corrected chi connectivity index (χ1v) is 0. The van der Waals surface area contributed by atoms with Crippen LogP contribution in [-0.2, 0) is 0 Å². The maximum Gasteiger partial charge on any atom is 0 e. The first-order chi connectivity index (χ1) is 0. The molecule has 0 aliphatic rings. The van der Waals surface area contributed by atoms with Gasteiger partial charge in [-0.05, 0) is 0 Å². The molecule has 0 aliphatic heterocycles.